The molecule has 0 bridgehead atoms. The van der Waals surface area contributed by atoms with Crippen molar-refractivity contribution in [3.63, 3.8) is 0 Å². The Hall–Kier alpha value is -3.75. The number of hydrazone groups is 1. The topological polar surface area (TPSA) is 134 Å². The average molecular weight is 384 g/mol. The number of carbonyl (C=O) groups excluding carboxylic acids is 2. The van der Waals surface area contributed by atoms with E-state index in [2.05, 4.69) is 15.8 Å². The lowest BCUT2D eigenvalue weighted by Crippen LogP contribution is -2.48. The van der Waals surface area contributed by atoms with Gasteiger partial charge in [-0.25, -0.2) is 5.43 Å². The molecule has 2 aromatic rings. The van der Waals surface area contributed by atoms with Gasteiger partial charge in [-0.15, -0.1) is 0 Å². The molecule has 0 heterocycles. The number of benzene rings is 2. The summed E-state index contributed by atoms with van der Waals surface area (Å²) in [6.45, 7) is 3.56. The summed E-state index contributed by atoms with van der Waals surface area (Å²) in [5, 5.41) is 26.7. The van der Waals surface area contributed by atoms with Gasteiger partial charge in [-0.05, 0) is 30.2 Å². The van der Waals surface area contributed by atoms with Crippen LogP contribution in [0.5, 0.6) is 5.75 Å². The monoisotopic (exact) mass is 384 g/mol. The van der Waals surface area contributed by atoms with E-state index in [1.54, 1.807) is 44.2 Å². The number of phenols is 1. The van der Waals surface area contributed by atoms with Crippen molar-refractivity contribution in [2.45, 2.75) is 19.9 Å². The summed E-state index contributed by atoms with van der Waals surface area (Å²) in [6, 6.07) is 11.4. The highest BCUT2D eigenvalue weighted by atomic mass is 16.6. The average Bonchev–Trinajstić information content (AvgIpc) is 2.67. The maximum absolute atomic E-state index is 12.4. The molecule has 0 fully saturated rings. The van der Waals surface area contributed by atoms with Gasteiger partial charge in [0.25, 0.3) is 11.8 Å². The van der Waals surface area contributed by atoms with Crippen LogP contribution in [0.1, 0.15) is 29.8 Å². The Morgan fingerprint density at radius 2 is 1.86 bits per heavy atom. The predicted octanol–water partition coefficient (Wildman–Crippen LogP) is 2.21. The van der Waals surface area contributed by atoms with Gasteiger partial charge >= 0.3 is 5.69 Å². The molecule has 0 radical (unpaired) electrons. The van der Waals surface area contributed by atoms with Crippen LogP contribution in [0.25, 0.3) is 0 Å². The van der Waals surface area contributed by atoms with Gasteiger partial charge in [0.15, 0.2) is 5.75 Å². The molecule has 2 amide bonds. The van der Waals surface area contributed by atoms with E-state index >= 15 is 0 Å². The van der Waals surface area contributed by atoms with E-state index in [1.165, 1.54) is 12.3 Å². The third-order valence-corrected chi connectivity index (χ3v) is 3.86. The number of nitrogens with zero attached hydrogens (tertiary/aromatic N) is 2. The number of amides is 2. The Kier molecular flexibility index (Phi) is 6.80. The van der Waals surface area contributed by atoms with Crippen LogP contribution in [0.2, 0.25) is 0 Å². The van der Waals surface area contributed by atoms with Gasteiger partial charge in [0.2, 0.25) is 0 Å². The molecule has 1 atom stereocenters. The lowest BCUT2D eigenvalue weighted by Gasteiger charge is -2.20. The Bertz CT molecular complexity index is 896. The molecule has 28 heavy (non-hydrogen) atoms. The van der Waals surface area contributed by atoms with Crippen LogP contribution in [-0.4, -0.2) is 34.1 Å². The molecule has 0 spiro atoms. The van der Waals surface area contributed by atoms with Gasteiger partial charge in [-0.1, -0.05) is 32.0 Å². The number of hydrogen-bond donors (Lipinski definition) is 3. The molecule has 3 N–H and O–H groups in total. The maximum Gasteiger partial charge on any atom is 0.311 e. The fraction of sp³-hybridized carbons (Fsp3) is 0.211. The molecule has 0 aliphatic carbocycles. The fourth-order valence-electron chi connectivity index (χ4n) is 2.36. The Labute approximate surface area is 161 Å². The smallest absolute Gasteiger partial charge is 0.311 e. The van der Waals surface area contributed by atoms with E-state index in [4.69, 9.17) is 0 Å². The lowest BCUT2D eigenvalue weighted by atomic mass is 10.0. The Balaban J connectivity index is 2.04. The van der Waals surface area contributed by atoms with E-state index < -0.39 is 28.3 Å². The number of aromatic hydroxyl groups is 1. The van der Waals surface area contributed by atoms with Crippen LogP contribution in [0.15, 0.2) is 53.6 Å². The normalized spacial score (nSPS) is 12.0. The zero-order valence-electron chi connectivity index (χ0n) is 15.3. The highest BCUT2D eigenvalue weighted by Gasteiger charge is 2.24. The van der Waals surface area contributed by atoms with Crippen molar-refractivity contribution in [1.29, 1.82) is 0 Å². The minimum Gasteiger partial charge on any atom is -0.502 e. The largest absolute Gasteiger partial charge is 0.502 e. The van der Waals surface area contributed by atoms with Gasteiger partial charge in [0.1, 0.15) is 6.04 Å². The lowest BCUT2D eigenvalue weighted by molar-refractivity contribution is -0.385. The molecular formula is C19H20N4O5. The molecule has 2 rings (SSSR count). The summed E-state index contributed by atoms with van der Waals surface area (Å²) in [5.41, 5.74) is 2.60. The SMILES string of the molecule is CC(C)C(NC(=O)c1ccccc1)C(=O)NN=Cc1ccc(O)c([N+](=O)[O-])c1. The second-order valence-corrected chi connectivity index (χ2v) is 6.30. The summed E-state index contributed by atoms with van der Waals surface area (Å²) in [6.07, 6.45) is 1.21. The van der Waals surface area contributed by atoms with Crippen molar-refractivity contribution in [2.75, 3.05) is 0 Å². The van der Waals surface area contributed by atoms with Crippen molar-refractivity contribution < 1.29 is 19.6 Å². The summed E-state index contributed by atoms with van der Waals surface area (Å²) in [5.74, 6) is -1.57. The standard InChI is InChI=1S/C19H20N4O5/c1-12(2)17(21-18(25)14-6-4-3-5-7-14)19(26)22-20-11-13-8-9-16(24)15(10-13)23(27)28/h3-12,17,24H,1-2H3,(H,21,25)(H,22,26). The predicted molar refractivity (Wildman–Crippen MR) is 103 cm³/mol. The Morgan fingerprint density at radius 1 is 1.18 bits per heavy atom. The number of carbonyl (C=O) groups is 2. The van der Waals surface area contributed by atoms with Gasteiger partial charge in [-0.3, -0.25) is 19.7 Å². The number of nitro benzene ring substituents is 1. The molecule has 9 nitrogen and oxygen atoms in total. The molecular weight excluding hydrogens is 364 g/mol. The van der Waals surface area contributed by atoms with Crippen molar-refractivity contribution in [3.05, 3.63) is 69.8 Å². The van der Waals surface area contributed by atoms with Crippen LogP contribution in [-0.2, 0) is 4.79 Å². The van der Waals surface area contributed by atoms with Crippen molar-refractivity contribution in [1.82, 2.24) is 10.7 Å². The molecule has 0 aliphatic rings. The first-order chi connectivity index (χ1) is 13.3. The number of nitro groups is 1. The van der Waals surface area contributed by atoms with Crippen LogP contribution in [0.4, 0.5) is 5.69 Å². The molecule has 0 saturated heterocycles. The molecule has 0 aromatic heterocycles. The minimum absolute atomic E-state index is 0.197. The van der Waals surface area contributed by atoms with E-state index in [0.717, 1.165) is 12.1 Å². The summed E-state index contributed by atoms with van der Waals surface area (Å²) in [7, 11) is 0. The summed E-state index contributed by atoms with van der Waals surface area (Å²) >= 11 is 0. The van der Waals surface area contributed by atoms with Gasteiger partial charge in [0, 0.05) is 17.2 Å². The van der Waals surface area contributed by atoms with Crippen molar-refractivity contribution in [2.24, 2.45) is 11.0 Å². The van der Waals surface area contributed by atoms with Gasteiger partial charge in [0.05, 0.1) is 11.1 Å². The zero-order valence-corrected chi connectivity index (χ0v) is 15.3. The van der Waals surface area contributed by atoms with Crippen molar-refractivity contribution >= 4 is 23.7 Å². The van der Waals surface area contributed by atoms with E-state index in [-0.39, 0.29) is 11.8 Å². The van der Waals surface area contributed by atoms with E-state index in [0.29, 0.717) is 11.1 Å². The van der Waals surface area contributed by atoms with Crippen LogP contribution in [0.3, 0.4) is 0 Å². The van der Waals surface area contributed by atoms with Crippen LogP contribution < -0.4 is 10.7 Å². The van der Waals surface area contributed by atoms with E-state index in [1.807, 2.05) is 0 Å². The van der Waals surface area contributed by atoms with Crippen LogP contribution >= 0.6 is 0 Å². The first-order valence-corrected chi connectivity index (χ1v) is 8.46. The summed E-state index contributed by atoms with van der Waals surface area (Å²) in [4.78, 5) is 34.8. The second-order valence-electron chi connectivity index (χ2n) is 6.30. The number of nitrogens with one attached hydrogen (secondary N) is 2. The first kappa shape index (κ1) is 20.6. The third kappa shape index (κ3) is 5.37. The highest BCUT2D eigenvalue weighted by molar-refractivity contribution is 5.97. The zero-order chi connectivity index (χ0) is 20.7. The third-order valence-electron chi connectivity index (χ3n) is 3.86. The molecule has 1 unspecified atom stereocenters. The molecule has 146 valence electrons. The Morgan fingerprint density at radius 3 is 2.46 bits per heavy atom. The fourth-order valence-corrected chi connectivity index (χ4v) is 2.36. The van der Waals surface area contributed by atoms with E-state index in [9.17, 15) is 24.8 Å². The maximum atomic E-state index is 12.4. The first-order valence-electron chi connectivity index (χ1n) is 8.46. The molecule has 0 saturated carbocycles. The molecule has 0 aliphatic heterocycles. The number of phenolic OH excluding ortho intramolecular Hbond substituents is 1. The minimum atomic E-state index is -0.820. The number of rotatable bonds is 7. The highest BCUT2D eigenvalue weighted by Crippen LogP contribution is 2.25. The molecule has 9 heteroatoms. The number of hydrogen-bond acceptors (Lipinski definition) is 6. The van der Waals surface area contributed by atoms with Gasteiger partial charge in [-0.2, -0.15) is 5.10 Å². The van der Waals surface area contributed by atoms with Crippen LogP contribution in [0, 0.1) is 16.0 Å². The second kappa shape index (κ2) is 9.26. The molecule has 2 aromatic carbocycles. The quantitative estimate of drug-likeness (QED) is 0.382. The van der Waals surface area contributed by atoms with Gasteiger partial charge < -0.3 is 10.4 Å². The summed E-state index contributed by atoms with van der Waals surface area (Å²) < 4.78 is 0. The van der Waals surface area contributed by atoms with Crippen molar-refractivity contribution in [3.8, 4) is 5.75 Å².